The molecule has 19 heavy (non-hydrogen) atoms. The third-order valence-corrected chi connectivity index (χ3v) is 2.46. The fraction of sp³-hybridized carbons (Fsp3) is 0.154. The summed E-state index contributed by atoms with van der Waals surface area (Å²) in [6, 6.07) is 5.04. The summed E-state index contributed by atoms with van der Waals surface area (Å²) < 4.78 is 13.4. The molecular formula is C13H12FN3O2. The number of hydrogen-bond donors (Lipinski definition) is 2. The van der Waals surface area contributed by atoms with Crippen LogP contribution in [0.5, 0.6) is 5.75 Å². The van der Waals surface area contributed by atoms with Gasteiger partial charge < -0.3 is 10.4 Å². The summed E-state index contributed by atoms with van der Waals surface area (Å²) in [7, 11) is 0. The van der Waals surface area contributed by atoms with E-state index in [1.54, 1.807) is 19.2 Å². The molecule has 2 rings (SSSR count). The Balaban J connectivity index is 2.05. The number of phenolic OH excluding ortho intramolecular Hbond substituents is 1. The summed E-state index contributed by atoms with van der Waals surface area (Å²) in [6.07, 6.45) is 1.59. The van der Waals surface area contributed by atoms with E-state index >= 15 is 0 Å². The molecule has 0 bridgehead atoms. The van der Waals surface area contributed by atoms with Gasteiger partial charge in [-0.3, -0.25) is 4.79 Å². The van der Waals surface area contributed by atoms with E-state index in [4.69, 9.17) is 5.11 Å². The van der Waals surface area contributed by atoms with Crippen LogP contribution in [0.25, 0.3) is 0 Å². The van der Waals surface area contributed by atoms with Crippen LogP contribution in [0.2, 0.25) is 0 Å². The van der Waals surface area contributed by atoms with E-state index in [9.17, 15) is 9.18 Å². The second-order valence-corrected chi connectivity index (χ2v) is 3.94. The predicted octanol–water partition coefficient (Wildman–Crippen LogP) is 1.56. The first-order valence-electron chi connectivity index (χ1n) is 5.61. The highest BCUT2D eigenvalue weighted by atomic mass is 19.1. The Bertz CT molecular complexity index is 617. The van der Waals surface area contributed by atoms with Gasteiger partial charge in [0.2, 0.25) is 0 Å². The zero-order valence-electron chi connectivity index (χ0n) is 10.2. The molecule has 0 radical (unpaired) electrons. The molecule has 0 fully saturated rings. The maximum absolute atomic E-state index is 13.4. The predicted molar refractivity (Wildman–Crippen MR) is 66.0 cm³/mol. The van der Waals surface area contributed by atoms with Gasteiger partial charge in [0.15, 0.2) is 0 Å². The van der Waals surface area contributed by atoms with E-state index in [1.165, 1.54) is 12.1 Å². The van der Waals surface area contributed by atoms with Gasteiger partial charge in [-0.25, -0.2) is 14.4 Å². The molecule has 1 heterocycles. The first-order chi connectivity index (χ1) is 9.06. The van der Waals surface area contributed by atoms with Gasteiger partial charge in [-0.2, -0.15) is 0 Å². The Morgan fingerprint density at radius 3 is 2.89 bits per heavy atom. The molecule has 2 N–H and O–H groups in total. The van der Waals surface area contributed by atoms with Gasteiger partial charge in [0.1, 0.15) is 17.4 Å². The number of aryl methyl sites for hydroxylation is 1. The Labute approximate surface area is 109 Å². The van der Waals surface area contributed by atoms with Crippen molar-refractivity contribution < 1.29 is 14.3 Å². The average Bonchev–Trinajstić information content (AvgIpc) is 2.36. The number of nitrogens with one attached hydrogen (secondary N) is 1. The summed E-state index contributed by atoms with van der Waals surface area (Å²) in [5, 5.41) is 11.6. The maximum Gasteiger partial charge on any atom is 0.254 e. The van der Waals surface area contributed by atoms with Crippen LogP contribution in [0.3, 0.4) is 0 Å². The second kappa shape index (κ2) is 5.43. The molecule has 1 aromatic carbocycles. The lowest BCUT2D eigenvalue weighted by molar-refractivity contribution is 0.0946. The van der Waals surface area contributed by atoms with E-state index in [1.807, 2.05) is 0 Å². The lowest BCUT2D eigenvalue weighted by Crippen LogP contribution is -2.24. The Morgan fingerprint density at radius 2 is 2.21 bits per heavy atom. The Morgan fingerprint density at radius 1 is 1.42 bits per heavy atom. The highest BCUT2D eigenvalue weighted by molar-refractivity contribution is 5.94. The minimum absolute atomic E-state index is 0.122. The number of carbonyl (C=O) groups is 1. The van der Waals surface area contributed by atoms with Crippen LogP contribution in [-0.2, 0) is 6.54 Å². The number of amides is 1. The maximum atomic E-state index is 13.4. The zero-order valence-corrected chi connectivity index (χ0v) is 10.2. The van der Waals surface area contributed by atoms with Crippen molar-refractivity contribution in [3.05, 3.63) is 53.4 Å². The average molecular weight is 261 g/mol. The van der Waals surface area contributed by atoms with E-state index < -0.39 is 11.7 Å². The summed E-state index contributed by atoms with van der Waals surface area (Å²) >= 11 is 0. The molecule has 1 aromatic heterocycles. The van der Waals surface area contributed by atoms with Gasteiger partial charge in [0.05, 0.1) is 17.8 Å². The van der Waals surface area contributed by atoms with Crippen LogP contribution in [0.1, 0.15) is 21.9 Å². The largest absolute Gasteiger partial charge is 0.508 e. The molecule has 2 aromatic rings. The number of halogens is 1. The molecule has 0 saturated heterocycles. The van der Waals surface area contributed by atoms with Crippen LogP contribution >= 0.6 is 0 Å². The fourth-order valence-electron chi connectivity index (χ4n) is 1.56. The molecule has 0 aliphatic heterocycles. The lowest BCUT2D eigenvalue weighted by Gasteiger charge is -2.06. The molecule has 0 atom stereocenters. The molecule has 1 amide bonds. The van der Waals surface area contributed by atoms with E-state index in [0.717, 1.165) is 6.07 Å². The second-order valence-electron chi connectivity index (χ2n) is 3.94. The molecule has 0 spiro atoms. The molecule has 0 saturated carbocycles. The summed E-state index contributed by atoms with van der Waals surface area (Å²) in [6.45, 7) is 1.92. The topological polar surface area (TPSA) is 75.1 Å². The van der Waals surface area contributed by atoms with Gasteiger partial charge in [-0.05, 0) is 25.1 Å². The van der Waals surface area contributed by atoms with Gasteiger partial charge in [-0.15, -0.1) is 0 Å². The molecule has 0 aliphatic carbocycles. The van der Waals surface area contributed by atoms with Crippen LogP contribution in [-0.4, -0.2) is 21.0 Å². The minimum Gasteiger partial charge on any atom is -0.508 e. The first kappa shape index (κ1) is 12.9. The molecule has 98 valence electrons. The zero-order chi connectivity index (χ0) is 13.8. The number of rotatable bonds is 3. The quantitative estimate of drug-likeness (QED) is 0.879. The standard InChI is InChI=1S/C13H12FN3O2/c1-8-15-5-4-9(17-8)7-16-13(19)11-3-2-10(18)6-12(11)14/h2-6,18H,7H2,1H3,(H,16,19). The Kier molecular flexibility index (Phi) is 3.70. The number of phenols is 1. The highest BCUT2D eigenvalue weighted by Crippen LogP contribution is 2.14. The van der Waals surface area contributed by atoms with Crippen molar-refractivity contribution in [2.24, 2.45) is 0 Å². The normalized spacial score (nSPS) is 10.2. The van der Waals surface area contributed by atoms with Crippen molar-refractivity contribution >= 4 is 5.91 Å². The fourth-order valence-corrected chi connectivity index (χ4v) is 1.56. The van der Waals surface area contributed by atoms with Gasteiger partial charge in [0, 0.05) is 12.3 Å². The lowest BCUT2D eigenvalue weighted by atomic mass is 10.2. The summed E-state index contributed by atoms with van der Waals surface area (Å²) in [5.41, 5.74) is 0.517. The number of aromatic nitrogens is 2. The number of nitrogens with zero attached hydrogens (tertiary/aromatic N) is 2. The first-order valence-corrected chi connectivity index (χ1v) is 5.61. The number of carbonyl (C=O) groups excluding carboxylic acids is 1. The van der Waals surface area contributed by atoms with Crippen molar-refractivity contribution in [3.8, 4) is 5.75 Å². The monoisotopic (exact) mass is 261 g/mol. The third kappa shape index (κ3) is 3.25. The molecule has 0 aliphatic rings. The summed E-state index contributed by atoms with van der Waals surface area (Å²) in [5.74, 6) is -0.951. The van der Waals surface area contributed by atoms with Crippen molar-refractivity contribution in [2.45, 2.75) is 13.5 Å². The number of benzene rings is 1. The smallest absolute Gasteiger partial charge is 0.254 e. The molecule has 0 unspecified atom stereocenters. The molecular weight excluding hydrogens is 249 g/mol. The minimum atomic E-state index is -0.767. The van der Waals surface area contributed by atoms with Crippen molar-refractivity contribution in [2.75, 3.05) is 0 Å². The van der Waals surface area contributed by atoms with Gasteiger partial charge in [0.25, 0.3) is 5.91 Å². The van der Waals surface area contributed by atoms with Crippen molar-refractivity contribution in [3.63, 3.8) is 0 Å². The van der Waals surface area contributed by atoms with E-state index in [0.29, 0.717) is 11.5 Å². The van der Waals surface area contributed by atoms with Crippen LogP contribution < -0.4 is 5.32 Å². The van der Waals surface area contributed by atoms with E-state index in [2.05, 4.69) is 15.3 Å². The van der Waals surface area contributed by atoms with Crippen LogP contribution in [0.4, 0.5) is 4.39 Å². The number of hydrogen-bond acceptors (Lipinski definition) is 4. The van der Waals surface area contributed by atoms with Gasteiger partial charge in [-0.1, -0.05) is 0 Å². The summed E-state index contributed by atoms with van der Waals surface area (Å²) in [4.78, 5) is 19.8. The Hall–Kier alpha value is -2.50. The van der Waals surface area contributed by atoms with Crippen LogP contribution in [0, 0.1) is 12.7 Å². The molecule has 6 heteroatoms. The van der Waals surface area contributed by atoms with Crippen LogP contribution in [0.15, 0.2) is 30.5 Å². The molecule has 5 nitrogen and oxygen atoms in total. The van der Waals surface area contributed by atoms with Gasteiger partial charge >= 0.3 is 0 Å². The van der Waals surface area contributed by atoms with Crippen molar-refractivity contribution in [1.29, 1.82) is 0 Å². The SMILES string of the molecule is Cc1nccc(CNC(=O)c2ccc(O)cc2F)n1. The highest BCUT2D eigenvalue weighted by Gasteiger charge is 2.12. The number of aromatic hydroxyl groups is 1. The third-order valence-electron chi connectivity index (χ3n) is 2.46. The van der Waals surface area contributed by atoms with Crippen molar-refractivity contribution in [1.82, 2.24) is 15.3 Å². The van der Waals surface area contributed by atoms with E-state index in [-0.39, 0.29) is 17.9 Å².